The highest BCUT2D eigenvalue weighted by molar-refractivity contribution is 5.83. The third kappa shape index (κ3) is 4.98. The van der Waals surface area contributed by atoms with Gasteiger partial charge in [-0.05, 0) is 55.5 Å². The van der Waals surface area contributed by atoms with Crippen molar-refractivity contribution in [2.75, 3.05) is 0 Å². The summed E-state index contributed by atoms with van der Waals surface area (Å²) in [4.78, 5) is 31.0. The summed E-state index contributed by atoms with van der Waals surface area (Å²) >= 11 is 0. The molecule has 1 aliphatic carbocycles. The summed E-state index contributed by atoms with van der Waals surface area (Å²) in [6.07, 6.45) is 5.44. The molecule has 1 aliphatic rings. The molecule has 5 nitrogen and oxygen atoms in total. The van der Waals surface area contributed by atoms with Gasteiger partial charge in [0.25, 0.3) is 5.56 Å². The van der Waals surface area contributed by atoms with Crippen LogP contribution >= 0.6 is 0 Å². The highest BCUT2D eigenvalue weighted by atomic mass is 16.2. The van der Waals surface area contributed by atoms with E-state index in [2.05, 4.69) is 23.3 Å². The Hall–Kier alpha value is -3.08. The molecule has 0 radical (unpaired) electrons. The van der Waals surface area contributed by atoms with Crippen LogP contribution in [0.1, 0.15) is 54.4 Å². The number of H-pyrrole nitrogens is 1. The number of hydrogen-bond donors (Lipinski definition) is 2. The largest absolute Gasteiger partial charge is 0.334 e. The van der Waals surface area contributed by atoms with Gasteiger partial charge < -0.3 is 15.2 Å². The van der Waals surface area contributed by atoms with E-state index in [4.69, 9.17) is 0 Å². The number of fused-ring (bicyclic) bond motifs is 1. The Balaban J connectivity index is 1.60. The lowest BCUT2D eigenvalue weighted by Gasteiger charge is -2.34. The molecule has 3 aromatic rings. The monoisotopic (exact) mass is 417 g/mol. The number of aryl methyl sites for hydroxylation is 2. The Morgan fingerprint density at radius 1 is 1.06 bits per heavy atom. The van der Waals surface area contributed by atoms with Gasteiger partial charge in [-0.25, -0.2) is 4.79 Å². The average Bonchev–Trinajstić information content (AvgIpc) is 2.77. The number of hydrogen-bond acceptors (Lipinski definition) is 2. The second-order valence-corrected chi connectivity index (χ2v) is 8.73. The summed E-state index contributed by atoms with van der Waals surface area (Å²) in [5.74, 6) is 0. The van der Waals surface area contributed by atoms with Gasteiger partial charge in [-0.15, -0.1) is 0 Å². The maximum absolute atomic E-state index is 13.2. The van der Waals surface area contributed by atoms with E-state index in [0.717, 1.165) is 53.3 Å². The van der Waals surface area contributed by atoms with E-state index in [-0.39, 0.29) is 17.6 Å². The molecule has 1 fully saturated rings. The van der Waals surface area contributed by atoms with Crippen molar-refractivity contribution in [3.63, 3.8) is 0 Å². The zero-order valence-corrected chi connectivity index (χ0v) is 18.4. The van der Waals surface area contributed by atoms with E-state index in [1.807, 2.05) is 54.3 Å². The summed E-state index contributed by atoms with van der Waals surface area (Å²) in [5.41, 5.74) is 4.69. The molecular formula is C26H31N3O2. The molecule has 0 unspecified atom stereocenters. The molecule has 1 aromatic heterocycles. The fourth-order valence-electron chi connectivity index (χ4n) is 4.65. The summed E-state index contributed by atoms with van der Waals surface area (Å²) in [6.45, 7) is 4.89. The van der Waals surface area contributed by atoms with E-state index < -0.39 is 0 Å². The van der Waals surface area contributed by atoms with Crippen LogP contribution in [-0.2, 0) is 13.1 Å². The van der Waals surface area contributed by atoms with Crippen LogP contribution in [0.2, 0.25) is 0 Å². The Morgan fingerprint density at radius 3 is 2.55 bits per heavy atom. The maximum Gasteiger partial charge on any atom is 0.318 e. The van der Waals surface area contributed by atoms with Crippen molar-refractivity contribution in [2.24, 2.45) is 0 Å². The molecule has 0 saturated heterocycles. The smallest absolute Gasteiger partial charge is 0.318 e. The third-order valence-corrected chi connectivity index (χ3v) is 6.29. The lowest BCUT2D eigenvalue weighted by atomic mass is 9.94. The average molecular weight is 418 g/mol. The molecule has 0 bridgehead atoms. The number of aromatic amines is 1. The van der Waals surface area contributed by atoms with Gasteiger partial charge in [0.15, 0.2) is 0 Å². The van der Waals surface area contributed by atoms with Gasteiger partial charge in [0.1, 0.15) is 0 Å². The highest BCUT2D eigenvalue weighted by Crippen LogP contribution is 2.25. The zero-order valence-electron chi connectivity index (χ0n) is 18.4. The Kier molecular flexibility index (Phi) is 6.40. The number of aromatic nitrogens is 1. The first-order chi connectivity index (χ1) is 15.0. The maximum atomic E-state index is 13.2. The second kappa shape index (κ2) is 9.38. The number of carbonyl (C=O) groups excluding carboxylic acids is 1. The number of nitrogens with one attached hydrogen (secondary N) is 2. The predicted octanol–water partition coefficient (Wildman–Crippen LogP) is 5.19. The van der Waals surface area contributed by atoms with Crippen LogP contribution in [0.25, 0.3) is 10.9 Å². The van der Waals surface area contributed by atoms with Crippen LogP contribution in [0.5, 0.6) is 0 Å². The second-order valence-electron chi connectivity index (χ2n) is 8.73. The molecular weight excluding hydrogens is 386 g/mol. The summed E-state index contributed by atoms with van der Waals surface area (Å²) < 4.78 is 0. The van der Waals surface area contributed by atoms with Crippen LogP contribution in [-0.4, -0.2) is 22.0 Å². The van der Waals surface area contributed by atoms with Crippen molar-refractivity contribution in [3.8, 4) is 0 Å². The van der Waals surface area contributed by atoms with Crippen LogP contribution in [0.3, 0.4) is 0 Å². The van der Waals surface area contributed by atoms with E-state index in [9.17, 15) is 9.59 Å². The van der Waals surface area contributed by atoms with E-state index in [1.54, 1.807) is 0 Å². The number of nitrogens with zero attached hydrogens (tertiary/aromatic N) is 1. The first-order valence-electron chi connectivity index (χ1n) is 11.2. The molecule has 0 aliphatic heterocycles. The minimum absolute atomic E-state index is 0.101. The molecule has 5 heteroatoms. The van der Waals surface area contributed by atoms with Crippen molar-refractivity contribution in [3.05, 3.63) is 81.1 Å². The lowest BCUT2D eigenvalue weighted by Crippen LogP contribution is -2.47. The van der Waals surface area contributed by atoms with Crippen LogP contribution < -0.4 is 10.9 Å². The molecule has 162 valence electrons. The van der Waals surface area contributed by atoms with Crippen molar-refractivity contribution >= 4 is 16.9 Å². The molecule has 2 N–H and O–H groups in total. The lowest BCUT2D eigenvalue weighted by molar-refractivity contribution is 0.150. The molecule has 1 heterocycles. The molecule has 2 amide bonds. The number of pyridine rings is 1. The molecule has 2 aromatic carbocycles. The van der Waals surface area contributed by atoms with Gasteiger partial charge in [0.05, 0.1) is 6.54 Å². The van der Waals surface area contributed by atoms with Crippen molar-refractivity contribution in [1.82, 2.24) is 15.2 Å². The van der Waals surface area contributed by atoms with Gasteiger partial charge in [-0.3, -0.25) is 4.79 Å². The highest BCUT2D eigenvalue weighted by Gasteiger charge is 2.26. The first-order valence-corrected chi connectivity index (χ1v) is 11.2. The van der Waals surface area contributed by atoms with Crippen LogP contribution in [0.4, 0.5) is 4.79 Å². The summed E-state index contributed by atoms with van der Waals surface area (Å²) in [6, 6.07) is 16.1. The minimum atomic E-state index is -0.117. The molecule has 1 saturated carbocycles. The first kappa shape index (κ1) is 21.2. The van der Waals surface area contributed by atoms with Crippen molar-refractivity contribution < 1.29 is 4.79 Å². The van der Waals surface area contributed by atoms with E-state index in [1.165, 1.54) is 6.42 Å². The van der Waals surface area contributed by atoms with Gasteiger partial charge in [-0.1, -0.05) is 55.7 Å². The van der Waals surface area contributed by atoms with Gasteiger partial charge in [0, 0.05) is 29.1 Å². The van der Waals surface area contributed by atoms with E-state index >= 15 is 0 Å². The fraction of sp³-hybridized carbons (Fsp3) is 0.385. The quantitative estimate of drug-likeness (QED) is 0.600. The van der Waals surface area contributed by atoms with Gasteiger partial charge in [-0.2, -0.15) is 0 Å². The number of amides is 2. The normalized spacial score (nSPS) is 14.5. The molecule has 0 spiro atoms. The minimum Gasteiger partial charge on any atom is -0.334 e. The summed E-state index contributed by atoms with van der Waals surface area (Å²) in [7, 11) is 0. The standard InChI is InChI=1S/C26H31N3O2/c1-18-13-19(2)23-15-21(25(30)28-24(23)14-18)17-29(22-11-7-4-8-12-22)26(31)27-16-20-9-5-3-6-10-20/h3,5-6,9-10,13-15,22H,4,7-8,11-12,16-17H2,1-2H3,(H,27,31)(H,28,30). The number of benzene rings is 2. The zero-order chi connectivity index (χ0) is 21.8. The fourth-order valence-corrected chi connectivity index (χ4v) is 4.65. The predicted molar refractivity (Wildman–Crippen MR) is 125 cm³/mol. The molecule has 0 atom stereocenters. The Labute approximate surface area is 183 Å². The van der Waals surface area contributed by atoms with Gasteiger partial charge in [0.2, 0.25) is 0 Å². The van der Waals surface area contributed by atoms with E-state index in [0.29, 0.717) is 18.7 Å². The van der Waals surface area contributed by atoms with Crippen LogP contribution in [0.15, 0.2) is 53.3 Å². The Bertz CT molecular complexity index is 1110. The summed E-state index contributed by atoms with van der Waals surface area (Å²) in [5, 5.41) is 4.10. The number of urea groups is 1. The van der Waals surface area contributed by atoms with Crippen LogP contribution in [0, 0.1) is 13.8 Å². The van der Waals surface area contributed by atoms with Crippen molar-refractivity contribution in [2.45, 2.75) is 65.1 Å². The SMILES string of the molecule is Cc1cc(C)c2cc(CN(C(=O)NCc3ccccc3)C3CCCCC3)c(=O)[nH]c2c1. The topological polar surface area (TPSA) is 65.2 Å². The molecule has 4 rings (SSSR count). The number of carbonyl (C=O) groups is 1. The molecule has 31 heavy (non-hydrogen) atoms. The van der Waals surface area contributed by atoms with Crippen molar-refractivity contribution in [1.29, 1.82) is 0 Å². The van der Waals surface area contributed by atoms with Gasteiger partial charge >= 0.3 is 6.03 Å². The Morgan fingerprint density at radius 2 is 1.81 bits per heavy atom. The number of rotatable bonds is 5. The third-order valence-electron chi connectivity index (χ3n) is 6.29.